The molecule has 122 valence electrons. The van der Waals surface area contributed by atoms with Crippen LogP contribution in [-0.2, 0) is 11.2 Å². The summed E-state index contributed by atoms with van der Waals surface area (Å²) < 4.78 is 19.2. The molecule has 2 rings (SSSR count). The molecule has 0 bridgehead atoms. The lowest BCUT2D eigenvalue weighted by molar-refractivity contribution is -0.138. The largest absolute Gasteiger partial charge is 0.497 e. The lowest BCUT2D eigenvalue weighted by atomic mass is 9.96. The molecule has 23 heavy (non-hydrogen) atoms. The van der Waals surface area contributed by atoms with Crippen LogP contribution in [-0.4, -0.2) is 18.2 Å². The Kier molecular flexibility index (Phi) is 5.74. The number of rotatable bonds is 7. The summed E-state index contributed by atoms with van der Waals surface area (Å²) >= 11 is 0. The average Bonchev–Trinajstić information content (AvgIpc) is 2.52. The van der Waals surface area contributed by atoms with Crippen LogP contribution >= 0.6 is 0 Å². The fourth-order valence-electron chi connectivity index (χ4n) is 2.56. The monoisotopic (exact) mass is 316 g/mol. The molecule has 4 heteroatoms. The second-order valence-electron chi connectivity index (χ2n) is 5.79. The van der Waals surface area contributed by atoms with Gasteiger partial charge in [-0.2, -0.15) is 0 Å². The summed E-state index contributed by atoms with van der Waals surface area (Å²) in [4.78, 5) is 10.7. The lowest BCUT2D eigenvalue weighted by Gasteiger charge is -2.10. The number of methoxy groups -OCH3 is 1. The van der Waals surface area contributed by atoms with Crippen LogP contribution in [0.3, 0.4) is 0 Å². The quantitative estimate of drug-likeness (QED) is 0.815. The van der Waals surface area contributed by atoms with Gasteiger partial charge in [0.2, 0.25) is 0 Å². The molecule has 2 aromatic rings. The number of hydrogen-bond acceptors (Lipinski definition) is 2. The first-order chi connectivity index (χ1) is 11.0. The highest BCUT2D eigenvalue weighted by atomic mass is 19.1. The zero-order valence-corrected chi connectivity index (χ0v) is 13.4. The molecule has 0 spiro atoms. The van der Waals surface area contributed by atoms with E-state index in [9.17, 15) is 9.18 Å². The molecule has 1 N–H and O–H groups in total. The van der Waals surface area contributed by atoms with E-state index in [1.54, 1.807) is 12.1 Å². The molecular weight excluding hydrogens is 295 g/mol. The number of carbonyl (C=O) groups is 1. The molecule has 2 aromatic carbocycles. The SMILES string of the molecule is COc1ccc(-c2cccc(CCC(C)CC(=O)O)c2)c(F)c1. The second kappa shape index (κ2) is 7.77. The van der Waals surface area contributed by atoms with Gasteiger partial charge in [0.25, 0.3) is 0 Å². The summed E-state index contributed by atoms with van der Waals surface area (Å²) in [5.74, 6) is -0.480. The van der Waals surface area contributed by atoms with Crippen LogP contribution in [0.2, 0.25) is 0 Å². The van der Waals surface area contributed by atoms with E-state index >= 15 is 0 Å². The van der Waals surface area contributed by atoms with Gasteiger partial charge in [0.15, 0.2) is 0 Å². The molecule has 0 aliphatic heterocycles. The maximum absolute atomic E-state index is 14.2. The maximum atomic E-state index is 14.2. The van der Waals surface area contributed by atoms with Gasteiger partial charge in [-0.15, -0.1) is 0 Å². The Balaban J connectivity index is 2.12. The van der Waals surface area contributed by atoms with Gasteiger partial charge in [0.1, 0.15) is 11.6 Å². The molecule has 0 saturated heterocycles. The van der Waals surface area contributed by atoms with Gasteiger partial charge in [0, 0.05) is 18.1 Å². The summed E-state index contributed by atoms with van der Waals surface area (Å²) in [7, 11) is 1.51. The van der Waals surface area contributed by atoms with E-state index in [0.29, 0.717) is 11.3 Å². The third-order valence-electron chi connectivity index (χ3n) is 3.86. The van der Waals surface area contributed by atoms with E-state index in [2.05, 4.69) is 0 Å². The fourth-order valence-corrected chi connectivity index (χ4v) is 2.56. The zero-order valence-electron chi connectivity index (χ0n) is 13.4. The highest BCUT2D eigenvalue weighted by molar-refractivity contribution is 5.67. The molecule has 0 aliphatic carbocycles. The van der Waals surface area contributed by atoms with Crippen molar-refractivity contribution in [2.45, 2.75) is 26.2 Å². The Morgan fingerprint density at radius 2 is 2.04 bits per heavy atom. The van der Waals surface area contributed by atoms with E-state index < -0.39 is 5.97 Å². The van der Waals surface area contributed by atoms with Gasteiger partial charge in [-0.25, -0.2) is 4.39 Å². The van der Waals surface area contributed by atoms with Crippen LogP contribution in [0.25, 0.3) is 11.1 Å². The van der Waals surface area contributed by atoms with Crippen LogP contribution in [0.4, 0.5) is 4.39 Å². The highest BCUT2D eigenvalue weighted by Gasteiger charge is 2.10. The predicted octanol–water partition coefficient (Wildman–Crippen LogP) is 4.54. The molecule has 0 fully saturated rings. The summed E-state index contributed by atoms with van der Waals surface area (Å²) in [6.45, 7) is 1.93. The summed E-state index contributed by atoms with van der Waals surface area (Å²) in [6.07, 6.45) is 1.74. The number of aliphatic carboxylic acids is 1. The second-order valence-corrected chi connectivity index (χ2v) is 5.79. The van der Waals surface area contributed by atoms with Crippen LogP contribution in [0.1, 0.15) is 25.3 Å². The highest BCUT2D eigenvalue weighted by Crippen LogP contribution is 2.27. The molecule has 1 atom stereocenters. The van der Waals surface area contributed by atoms with E-state index in [4.69, 9.17) is 9.84 Å². The molecule has 0 amide bonds. The first-order valence-corrected chi connectivity index (χ1v) is 7.64. The molecular formula is C19H21FO3. The van der Waals surface area contributed by atoms with Gasteiger partial charge < -0.3 is 9.84 Å². The number of carboxylic acid groups (broad SMARTS) is 1. The van der Waals surface area contributed by atoms with Gasteiger partial charge in [-0.3, -0.25) is 4.79 Å². The minimum Gasteiger partial charge on any atom is -0.497 e. The van der Waals surface area contributed by atoms with E-state index in [-0.39, 0.29) is 18.2 Å². The first kappa shape index (κ1) is 17.0. The minimum absolute atomic E-state index is 0.119. The van der Waals surface area contributed by atoms with E-state index in [0.717, 1.165) is 24.0 Å². The molecule has 0 heterocycles. The summed E-state index contributed by atoms with van der Waals surface area (Å²) in [6, 6.07) is 12.5. The fraction of sp³-hybridized carbons (Fsp3) is 0.316. The molecule has 0 aliphatic rings. The molecule has 0 radical (unpaired) electrons. The van der Waals surface area contributed by atoms with Crippen LogP contribution in [0, 0.1) is 11.7 Å². The van der Waals surface area contributed by atoms with Gasteiger partial charge in [-0.1, -0.05) is 31.2 Å². The van der Waals surface area contributed by atoms with Crippen molar-refractivity contribution in [2.75, 3.05) is 7.11 Å². The number of benzene rings is 2. The van der Waals surface area contributed by atoms with Crippen molar-refractivity contribution < 1.29 is 19.0 Å². The molecule has 0 aromatic heterocycles. The number of hydrogen-bond donors (Lipinski definition) is 1. The predicted molar refractivity (Wildman–Crippen MR) is 88.1 cm³/mol. The van der Waals surface area contributed by atoms with Crippen LogP contribution in [0.15, 0.2) is 42.5 Å². The average molecular weight is 316 g/mol. The third-order valence-corrected chi connectivity index (χ3v) is 3.86. The zero-order chi connectivity index (χ0) is 16.8. The van der Waals surface area contributed by atoms with Crippen molar-refractivity contribution in [3.8, 4) is 16.9 Å². The normalized spacial score (nSPS) is 12.0. The van der Waals surface area contributed by atoms with Gasteiger partial charge in [-0.05, 0) is 42.0 Å². The Labute approximate surface area is 135 Å². The number of halogens is 1. The Hall–Kier alpha value is -2.36. The standard InChI is InChI=1S/C19H21FO3/c1-13(10-19(21)22)6-7-14-4-3-5-15(11-14)17-9-8-16(23-2)12-18(17)20/h3-5,8-9,11-13H,6-7,10H2,1-2H3,(H,21,22). The maximum Gasteiger partial charge on any atom is 0.303 e. The molecule has 1 unspecified atom stereocenters. The first-order valence-electron chi connectivity index (χ1n) is 7.64. The van der Waals surface area contributed by atoms with E-state index in [1.807, 2.05) is 31.2 Å². The van der Waals surface area contributed by atoms with Crippen molar-refractivity contribution in [1.82, 2.24) is 0 Å². The smallest absolute Gasteiger partial charge is 0.303 e. The number of carboxylic acids is 1. The van der Waals surface area contributed by atoms with Crippen molar-refractivity contribution >= 4 is 5.97 Å². The molecule has 3 nitrogen and oxygen atoms in total. The van der Waals surface area contributed by atoms with Crippen molar-refractivity contribution in [2.24, 2.45) is 5.92 Å². The molecule has 0 saturated carbocycles. The van der Waals surface area contributed by atoms with Gasteiger partial charge in [0.05, 0.1) is 7.11 Å². The Morgan fingerprint density at radius 1 is 1.26 bits per heavy atom. The van der Waals surface area contributed by atoms with Crippen molar-refractivity contribution in [3.63, 3.8) is 0 Å². The Bertz CT molecular complexity index is 682. The lowest BCUT2D eigenvalue weighted by Crippen LogP contribution is -2.05. The van der Waals surface area contributed by atoms with Crippen molar-refractivity contribution in [1.29, 1.82) is 0 Å². The van der Waals surface area contributed by atoms with Gasteiger partial charge >= 0.3 is 5.97 Å². The Morgan fingerprint density at radius 3 is 2.70 bits per heavy atom. The third kappa shape index (κ3) is 4.81. The minimum atomic E-state index is -0.772. The van der Waals surface area contributed by atoms with Crippen LogP contribution < -0.4 is 4.74 Å². The number of ether oxygens (including phenoxy) is 1. The summed E-state index contributed by atoms with van der Waals surface area (Å²) in [5.41, 5.74) is 2.43. The summed E-state index contributed by atoms with van der Waals surface area (Å²) in [5, 5.41) is 8.80. The topological polar surface area (TPSA) is 46.5 Å². The van der Waals surface area contributed by atoms with Crippen LogP contribution in [0.5, 0.6) is 5.75 Å². The number of aryl methyl sites for hydroxylation is 1. The van der Waals surface area contributed by atoms with Crippen molar-refractivity contribution in [3.05, 3.63) is 53.8 Å². The van der Waals surface area contributed by atoms with E-state index in [1.165, 1.54) is 13.2 Å².